The molecule has 1 N–H and O–H groups in total. The van der Waals surface area contributed by atoms with E-state index in [0.29, 0.717) is 0 Å². The molecule has 4 nitrogen and oxygen atoms in total. The van der Waals surface area contributed by atoms with Crippen molar-refractivity contribution in [2.45, 2.75) is 38.6 Å². The van der Waals surface area contributed by atoms with Gasteiger partial charge in [-0.3, -0.25) is 9.78 Å². The molecular formula is C15H22FN3O. The van der Waals surface area contributed by atoms with E-state index in [1.54, 1.807) is 0 Å². The number of amides is 1. The fraction of sp³-hybridized carbons (Fsp3) is 0.600. The molecule has 2 heterocycles. The highest BCUT2D eigenvalue weighted by Crippen LogP contribution is 2.12. The summed E-state index contributed by atoms with van der Waals surface area (Å²) < 4.78 is 13.5. The summed E-state index contributed by atoms with van der Waals surface area (Å²) in [5, 5.41) is 2.92. The topological polar surface area (TPSA) is 45.2 Å². The normalized spacial score (nSPS) is 17.1. The number of hydrogen-bond acceptors (Lipinski definition) is 3. The van der Waals surface area contributed by atoms with Crippen molar-refractivity contribution in [2.75, 3.05) is 19.6 Å². The number of carbonyl (C=O) groups is 1. The number of rotatable bonds is 5. The van der Waals surface area contributed by atoms with E-state index in [1.807, 2.05) is 0 Å². The Bertz CT molecular complexity index is 444. The standard InChI is InChI=1S/C15H22FN3O/c1-2-3-8-19-9-5-12(6-10-19)18-15(20)13-4-7-17-11-14(13)16/h4,7,11-12H,2-3,5-6,8-10H2,1H3,(H,18,20). The average Bonchev–Trinajstić information content (AvgIpc) is 2.47. The zero-order chi connectivity index (χ0) is 14.4. The first kappa shape index (κ1) is 14.9. The monoisotopic (exact) mass is 279 g/mol. The third-order valence-corrected chi connectivity index (χ3v) is 3.77. The molecule has 110 valence electrons. The number of halogens is 1. The second-order valence-corrected chi connectivity index (χ2v) is 5.30. The van der Waals surface area contributed by atoms with Gasteiger partial charge >= 0.3 is 0 Å². The maximum absolute atomic E-state index is 13.5. The van der Waals surface area contributed by atoms with Gasteiger partial charge in [-0.2, -0.15) is 0 Å². The number of unbranched alkanes of at least 4 members (excludes halogenated alkanes) is 1. The number of pyridine rings is 1. The lowest BCUT2D eigenvalue weighted by molar-refractivity contribution is 0.0906. The van der Waals surface area contributed by atoms with Gasteiger partial charge in [0, 0.05) is 25.3 Å². The molecule has 0 bridgehead atoms. The van der Waals surface area contributed by atoms with Crippen LogP contribution >= 0.6 is 0 Å². The Balaban J connectivity index is 1.81. The van der Waals surface area contributed by atoms with Crippen LogP contribution in [0.5, 0.6) is 0 Å². The van der Waals surface area contributed by atoms with Crippen molar-refractivity contribution < 1.29 is 9.18 Å². The van der Waals surface area contributed by atoms with E-state index in [9.17, 15) is 9.18 Å². The van der Waals surface area contributed by atoms with Gasteiger partial charge in [0.25, 0.3) is 5.91 Å². The predicted molar refractivity (Wildman–Crippen MR) is 76.0 cm³/mol. The summed E-state index contributed by atoms with van der Waals surface area (Å²) in [6, 6.07) is 1.56. The molecule has 1 amide bonds. The molecule has 2 rings (SSSR count). The minimum atomic E-state index is -0.564. The number of carbonyl (C=O) groups excluding carboxylic acids is 1. The fourth-order valence-electron chi connectivity index (χ4n) is 2.51. The van der Waals surface area contributed by atoms with Crippen molar-refractivity contribution in [3.05, 3.63) is 29.8 Å². The second kappa shape index (κ2) is 7.33. The highest BCUT2D eigenvalue weighted by atomic mass is 19.1. The van der Waals surface area contributed by atoms with Gasteiger partial charge in [-0.15, -0.1) is 0 Å². The summed E-state index contributed by atoms with van der Waals surface area (Å²) in [6.45, 7) is 5.33. The summed E-state index contributed by atoms with van der Waals surface area (Å²) in [4.78, 5) is 18.1. The Morgan fingerprint density at radius 1 is 1.50 bits per heavy atom. The van der Waals surface area contributed by atoms with E-state index >= 15 is 0 Å². The largest absolute Gasteiger partial charge is 0.349 e. The average molecular weight is 279 g/mol. The summed E-state index contributed by atoms with van der Waals surface area (Å²) in [7, 11) is 0. The van der Waals surface area contributed by atoms with E-state index in [-0.39, 0.29) is 17.5 Å². The van der Waals surface area contributed by atoms with Gasteiger partial charge in [0.05, 0.1) is 11.8 Å². The number of nitrogens with one attached hydrogen (secondary N) is 1. The molecule has 1 aliphatic heterocycles. The van der Waals surface area contributed by atoms with Gasteiger partial charge in [0.15, 0.2) is 5.82 Å². The van der Waals surface area contributed by atoms with Crippen molar-refractivity contribution in [1.82, 2.24) is 15.2 Å². The molecular weight excluding hydrogens is 257 g/mol. The van der Waals surface area contributed by atoms with E-state index in [1.165, 1.54) is 25.1 Å². The molecule has 1 aromatic heterocycles. The van der Waals surface area contributed by atoms with E-state index in [0.717, 1.165) is 38.7 Å². The van der Waals surface area contributed by atoms with E-state index in [2.05, 4.69) is 22.1 Å². The van der Waals surface area contributed by atoms with Crippen molar-refractivity contribution >= 4 is 5.91 Å². The molecule has 0 atom stereocenters. The molecule has 0 aliphatic carbocycles. The summed E-state index contributed by atoms with van der Waals surface area (Å²) >= 11 is 0. The smallest absolute Gasteiger partial charge is 0.254 e. The Labute approximate surface area is 119 Å². The molecule has 5 heteroatoms. The number of piperidine rings is 1. The van der Waals surface area contributed by atoms with Gasteiger partial charge < -0.3 is 10.2 Å². The molecule has 0 aromatic carbocycles. The lowest BCUT2D eigenvalue weighted by Crippen LogP contribution is -2.45. The fourth-order valence-corrected chi connectivity index (χ4v) is 2.51. The molecule has 1 aliphatic rings. The Hall–Kier alpha value is -1.49. The van der Waals surface area contributed by atoms with Gasteiger partial charge in [0.1, 0.15) is 0 Å². The summed E-state index contributed by atoms with van der Waals surface area (Å²) in [5.41, 5.74) is 0.0772. The van der Waals surface area contributed by atoms with Gasteiger partial charge in [-0.05, 0) is 31.9 Å². The Kier molecular flexibility index (Phi) is 5.47. The molecule has 0 spiro atoms. The van der Waals surface area contributed by atoms with Crippen LogP contribution in [0.1, 0.15) is 43.0 Å². The highest BCUT2D eigenvalue weighted by Gasteiger charge is 2.21. The quantitative estimate of drug-likeness (QED) is 0.899. The summed E-state index contributed by atoms with van der Waals surface area (Å²) in [5.74, 6) is -0.901. The first-order chi connectivity index (χ1) is 9.70. The number of aromatic nitrogens is 1. The van der Waals surface area contributed by atoms with Crippen molar-refractivity contribution in [1.29, 1.82) is 0 Å². The van der Waals surface area contributed by atoms with Crippen LogP contribution in [-0.2, 0) is 0 Å². The predicted octanol–water partition coefficient (Wildman–Crippen LogP) is 2.21. The molecule has 1 aromatic rings. The molecule has 1 saturated heterocycles. The lowest BCUT2D eigenvalue weighted by Gasteiger charge is -2.32. The van der Waals surface area contributed by atoms with Crippen LogP contribution in [0.4, 0.5) is 4.39 Å². The van der Waals surface area contributed by atoms with E-state index < -0.39 is 5.82 Å². The van der Waals surface area contributed by atoms with Gasteiger partial charge in [-0.1, -0.05) is 13.3 Å². The SMILES string of the molecule is CCCCN1CCC(NC(=O)c2ccncc2F)CC1. The minimum Gasteiger partial charge on any atom is -0.349 e. The molecule has 0 saturated carbocycles. The van der Waals surface area contributed by atoms with Gasteiger partial charge in [0.2, 0.25) is 0 Å². The number of nitrogens with zero attached hydrogens (tertiary/aromatic N) is 2. The maximum atomic E-state index is 13.5. The molecule has 0 unspecified atom stereocenters. The van der Waals surface area contributed by atoms with Crippen LogP contribution in [0, 0.1) is 5.82 Å². The number of likely N-dealkylation sites (tertiary alicyclic amines) is 1. The number of hydrogen-bond donors (Lipinski definition) is 1. The minimum absolute atomic E-state index is 0.0772. The Morgan fingerprint density at radius 3 is 2.90 bits per heavy atom. The third kappa shape index (κ3) is 4.00. The van der Waals surface area contributed by atoms with Crippen LogP contribution in [0.15, 0.2) is 18.5 Å². The van der Waals surface area contributed by atoms with Crippen LogP contribution in [0.2, 0.25) is 0 Å². The third-order valence-electron chi connectivity index (χ3n) is 3.77. The zero-order valence-electron chi connectivity index (χ0n) is 11.9. The molecule has 1 fully saturated rings. The first-order valence-corrected chi connectivity index (χ1v) is 7.33. The van der Waals surface area contributed by atoms with Crippen LogP contribution < -0.4 is 5.32 Å². The van der Waals surface area contributed by atoms with Gasteiger partial charge in [-0.25, -0.2) is 4.39 Å². The van der Waals surface area contributed by atoms with Crippen molar-refractivity contribution in [3.8, 4) is 0 Å². The highest BCUT2D eigenvalue weighted by molar-refractivity contribution is 5.94. The zero-order valence-corrected chi connectivity index (χ0v) is 11.9. The second-order valence-electron chi connectivity index (χ2n) is 5.30. The molecule has 0 radical (unpaired) electrons. The van der Waals surface area contributed by atoms with Crippen molar-refractivity contribution in [2.24, 2.45) is 0 Å². The molecule has 20 heavy (non-hydrogen) atoms. The van der Waals surface area contributed by atoms with Crippen LogP contribution in [0.3, 0.4) is 0 Å². The maximum Gasteiger partial charge on any atom is 0.254 e. The van der Waals surface area contributed by atoms with Crippen molar-refractivity contribution in [3.63, 3.8) is 0 Å². The lowest BCUT2D eigenvalue weighted by atomic mass is 10.0. The summed E-state index contributed by atoms with van der Waals surface area (Å²) in [6.07, 6.45) is 6.80. The Morgan fingerprint density at radius 2 is 2.25 bits per heavy atom. The van der Waals surface area contributed by atoms with Crippen LogP contribution in [0.25, 0.3) is 0 Å². The van der Waals surface area contributed by atoms with E-state index in [4.69, 9.17) is 0 Å². The first-order valence-electron chi connectivity index (χ1n) is 7.33. The van der Waals surface area contributed by atoms with Crippen LogP contribution in [-0.4, -0.2) is 41.5 Å².